The fourth-order valence-corrected chi connectivity index (χ4v) is 3.53. The lowest BCUT2D eigenvalue weighted by Gasteiger charge is -2.18. The maximum absolute atomic E-state index is 11.9. The first kappa shape index (κ1) is 26.2. The van der Waals surface area contributed by atoms with Gasteiger partial charge in [-0.15, -0.1) is 0 Å². The summed E-state index contributed by atoms with van der Waals surface area (Å²) in [7, 11) is 0. The third-order valence-electron chi connectivity index (χ3n) is 5.38. The maximum atomic E-state index is 11.9. The van der Waals surface area contributed by atoms with E-state index in [1.165, 1.54) is 103 Å². The predicted molar refractivity (Wildman–Crippen MR) is 119 cm³/mol. The second-order valence-electron chi connectivity index (χ2n) is 8.33. The zero-order chi connectivity index (χ0) is 20.2. The Hall–Kier alpha value is -0.790. The highest BCUT2D eigenvalue weighted by Crippen LogP contribution is 2.18. The molecule has 0 aliphatic carbocycles. The van der Waals surface area contributed by atoms with E-state index >= 15 is 0 Å². The van der Waals surface area contributed by atoms with Gasteiger partial charge in [-0.2, -0.15) is 0 Å². The van der Waals surface area contributed by atoms with Crippen LogP contribution in [0.25, 0.3) is 0 Å². The Kier molecular flexibility index (Phi) is 19.4. The first-order chi connectivity index (χ1) is 13.1. The molecule has 160 valence electrons. The molecule has 0 fully saturated rings. The Labute approximate surface area is 170 Å². The summed E-state index contributed by atoms with van der Waals surface area (Å²) in [5, 5.41) is 0. The van der Waals surface area contributed by atoms with Gasteiger partial charge in [-0.1, -0.05) is 110 Å². The van der Waals surface area contributed by atoms with Crippen LogP contribution in [-0.2, 0) is 9.53 Å². The van der Waals surface area contributed by atoms with Gasteiger partial charge in [0.1, 0.15) is 6.10 Å². The number of rotatable bonds is 20. The van der Waals surface area contributed by atoms with Crippen molar-refractivity contribution < 1.29 is 9.53 Å². The van der Waals surface area contributed by atoms with Crippen LogP contribution in [0.2, 0.25) is 0 Å². The molecule has 0 N–H and O–H groups in total. The summed E-state index contributed by atoms with van der Waals surface area (Å²) in [5.74, 6) is -0.211. The zero-order valence-electron chi connectivity index (χ0n) is 18.8. The minimum atomic E-state index is -0.211. The molecule has 0 radical (unpaired) electrons. The number of ether oxygens (including phenoxy) is 1. The molecular weight excluding hydrogens is 332 g/mol. The van der Waals surface area contributed by atoms with Gasteiger partial charge in [0.15, 0.2) is 0 Å². The van der Waals surface area contributed by atoms with Crippen LogP contribution in [0.1, 0.15) is 136 Å². The van der Waals surface area contributed by atoms with Gasteiger partial charge < -0.3 is 4.74 Å². The average Bonchev–Trinajstić information content (AvgIpc) is 2.65. The van der Waals surface area contributed by atoms with Crippen LogP contribution in [0.4, 0.5) is 0 Å². The molecule has 0 aromatic heterocycles. The minimum absolute atomic E-state index is 0.0920. The van der Waals surface area contributed by atoms with Gasteiger partial charge in [-0.3, -0.25) is 0 Å². The Morgan fingerprint density at radius 1 is 0.667 bits per heavy atom. The quantitative estimate of drug-likeness (QED) is 0.120. The Bertz CT molecular complexity index is 348. The molecule has 0 spiro atoms. The van der Waals surface area contributed by atoms with Crippen LogP contribution in [-0.4, -0.2) is 12.1 Å². The average molecular weight is 381 g/mol. The summed E-state index contributed by atoms with van der Waals surface area (Å²) in [4.78, 5) is 11.9. The van der Waals surface area contributed by atoms with Crippen molar-refractivity contribution >= 4 is 5.97 Å². The fourth-order valence-electron chi connectivity index (χ4n) is 3.53. The zero-order valence-corrected chi connectivity index (χ0v) is 18.8. The first-order valence-corrected chi connectivity index (χ1v) is 12.0. The van der Waals surface area contributed by atoms with Gasteiger partial charge in [0.05, 0.1) is 0 Å². The number of carbonyl (C=O) groups excluding carboxylic acids is 1. The molecule has 2 nitrogen and oxygen atoms in total. The van der Waals surface area contributed by atoms with Crippen molar-refractivity contribution in [1.29, 1.82) is 0 Å². The van der Waals surface area contributed by atoms with E-state index in [1.54, 1.807) is 6.92 Å². The number of hydrogen-bond donors (Lipinski definition) is 0. The molecule has 0 bridgehead atoms. The highest BCUT2D eigenvalue weighted by Gasteiger charge is 2.14. The second kappa shape index (κ2) is 20.0. The summed E-state index contributed by atoms with van der Waals surface area (Å²) in [6, 6.07) is 0. The van der Waals surface area contributed by atoms with Crippen LogP contribution in [0, 0.1) is 0 Å². The van der Waals surface area contributed by atoms with E-state index in [2.05, 4.69) is 20.4 Å². The summed E-state index contributed by atoms with van der Waals surface area (Å²) < 4.78 is 5.67. The highest BCUT2D eigenvalue weighted by molar-refractivity contribution is 5.87. The maximum Gasteiger partial charge on any atom is 0.333 e. The van der Waals surface area contributed by atoms with Crippen LogP contribution < -0.4 is 0 Å². The molecular formula is C25H48O2. The minimum Gasteiger partial charge on any atom is -0.459 e. The van der Waals surface area contributed by atoms with Crippen molar-refractivity contribution in [2.45, 2.75) is 142 Å². The third-order valence-corrected chi connectivity index (χ3v) is 5.38. The molecule has 0 aromatic carbocycles. The van der Waals surface area contributed by atoms with Crippen LogP contribution in [0.3, 0.4) is 0 Å². The van der Waals surface area contributed by atoms with Gasteiger partial charge in [0.25, 0.3) is 0 Å². The van der Waals surface area contributed by atoms with Gasteiger partial charge in [0, 0.05) is 5.57 Å². The van der Waals surface area contributed by atoms with E-state index in [0.717, 1.165) is 12.8 Å². The molecule has 27 heavy (non-hydrogen) atoms. The van der Waals surface area contributed by atoms with Gasteiger partial charge in [-0.25, -0.2) is 4.79 Å². The Morgan fingerprint density at radius 2 is 1.00 bits per heavy atom. The molecule has 0 saturated heterocycles. The lowest BCUT2D eigenvalue weighted by atomic mass is 10.0. The smallest absolute Gasteiger partial charge is 0.333 e. The molecule has 0 saturated carbocycles. The van der Waals surface area contributed by atoms with E-state index in [0.29, 0.717) is 5.57 Å². The van der Waals surface area contributed by atoms with Gasteiger partial charge in [0.2, 0.25) is 0 Å². The Balaban J connectivity index is 3.77. The SMILES string of the molecule is C=C(C)C(=O)OC(CCCCCCC)CCCCCCCCCCCCC. The molecule has 0 amide bonds. The van der Waals surface area contributed by atoms with Crippen LogP contribution in [0.5, 0.6) is 0 Å². The summed E-state index contributed by atoms with van der Waals surface area (Å²) >= 11 is 0. The number of unbranched alkanes of at least 4 members (excludes halogenated alkanes) is 14. The highest BCUT2D eigenvalue weighted by atomic mass is 16.5. The van der Waals surface area contributed by atoms with E-state index in [4.69, 9.17) is 4.74 Å². The van der Waals surface area contributed by atoms with Crippen LogP contribution >= 0.6 is 0 Å². The van der Waals surface area contributed by atoms with Crippen molar-refractivity contribution in [3.05, 3.63) is 12.2 Å². The lowest BCUT2D eigenvalue weighted by Crippen LogP contribution is -2.18. The number of hydrogen-bond acceptors (Lipinski definition) is 2. The summed E-state index contributed by atoms with van der Waals surface area (Å²) in [6.45, 7) is 9.97. The van der Waals surface area contributed by atoms with E-state index in [9.17, 15) is 4.79 Å². The van der Waals surface area contributed by atoms with Crippen molar-refractivity contribution in [3.63, 3.8) is 0 Å². The third kappa shape index (κ3) is 18.3. The molecule has 0 aliphatic rings. The molecule has 1 atom stereocenters. The van der Waals surface area contributed by atoms with Gasteiger partial charge >= 0.3 is 5.97 Å². The normalized spacial score (nSPS) is 12.1. The van der Waals surface area contributed by atoms with E-state index in [1.807, 2.05) is 0 Å². The van der Waals surface area contributed by atoms with Crippen molar-refractivity contribution in [3.8, 4) is 0 Å². The largest absolute Gasteiger partial charge is 0.459 e. The monoisotopic (exact) mass is 380 g/mol. The van der Waals surface area contributed by atoms with Crippen molar-refractivity contribution in [2.75, 3.05) is 0 Å². The Morgan fingerprint density at radius 3 is 1.33 bits per heavy atom. The van der Waals surface area contributed by atoms with E-state index < -0.39 is 0 Å². The number of carbonyl (C=O) groups is 1. The first-order valence-electron chi connectivity index (χ1n) is 12.0. The standard InChI is InChI=1S/C25H48O2/c1-5-7-9-11-12-13-14-15-16-18-20-22-24(27-25(26)23(3)4)21-19-17-10-8-6-2/h24H,3,5-22H2,1-2,4H3. The van der Waals surface area contributed by atoms with E-state index in [-0.39, 0.29) is 12.1 Å². The molecule has 1 unspecified atom stereocenters. The molecule has 0 heterocycles. The van der Waals surface area contributed by atoms with Gasteiger partial charge in [-0.05, 0) is 32.6 Å². The summed E-state index contributed by atoms with van der Waals surface area (Å²) in [6.07, 6.45) is 23.4. The molecule has 0 rings (SSSR count). The van der Waals surface area contributed by atoms with Crippen molar-refractivity contribution in [1.82, 2.24) is 0 Å². The lowest BCUT2D eigenvalue weighted by molar-refractivity contribution is -0.145. The van der Waals surface area contributed by atoms with Crippen LogP contribution in [0.15, 0.2) is 12.2 Å². The predicted octanol–water partition coefficient (Wildman–Crippen LogP) is 8.54. The molecule has 0 aromatic rings. The van der Waals surface area contributed by atoms with Crippen molar-refractivity contribution in [2.24, 2.45) is 0 Å². The molecule has 0 aliphatic heterocycles. The fraction of sp³-hybridized carbons (Fsp3) is 0.880. The topological polar surface area (TPSA) is 26.3 Å². The second-order valence-corrected chi connectivity index (χ2v) is 8.33. The summed E-state index contributed by atoms with van der Waals surface area (Å²) in [5.41, 5.74) is 0.518. The number of esters is 1. The molecule has 2 heteroatoms.